The monoisotopic (exact) mass is 407 g/mol. The van der Waals surface area contributed by atoms with Crippen molar-refractivity contribution in [2.24, 2.45) is 0 Å². The Balaban J connectivity index is 0.000000414. The van der Waals surface area contributed by atoms with Gasteiger partial charge in [0.05, 0.1) is 0 Å². The normalized spacial score (nSPS) is 10.8. The number of aryl methyl sites for hydroxylation is 1. The summed E-state index contributed by atoms with van der Waals surface area (Å²) >= 11 is 0. The first-order chi connectivity index (χ1) is 14.5. The number of carbonyl (C=O) groups excluding carboxylic acids is 1. The minimum atomic E-state index is -0.980. The van der Waals surface area contributed by atoms with Crippen LogP contribution >= 0.6 is 0 Å². The van der Waals surface area contributed by atoms with Crippen molar-refractivity contribution in [1.29, 1.82) is 0 Å². The molecule has 0 aliphatic carbocycles. The standard InChI is InChI=1S/C17H21NO3.C8H8O/c1-3-11-18(12-4-2)13-5-6-15-7-9-16(10-8-15)21-14-17(19)20;1-7-2-4-8(6-9)5-3-7/h3-12H,13-14H2,1-2H3,(H,19,20);2-6H,1H3/b6-5+,11-3-,12-4+;. The number of aldehydes is 1. The van der Waals surface area contributed by atoms with E-state index in [0.29, 0.717) is 5.75 Å². The molecule has 2 aromatic rings. The Kier molecular flexibility index (Phi) is 11.7. The number of ether oxygens (including phenoxy) is 1. The number of carboxylic acids is 1. The summed E-state index contributed by atoms with van der Waals surface area (Å²) in [4.78, 5) is 22.6. The molecule has 0 atom stereocenters. The molecule has 0 heterocycles. The maximum absolute atomic E-state index is 10.4. The molecule has 5 nitrogen and oxygen atoms in total. The van der Waals surface area contributed by atoms with Crippen LogP contribution in [0.4, 0.5) is 0 Å². The van der Waals surface area contributed by atoms with Gasteiger partial charge >= 0.3 is 5.97 Å². The average molecular weight is 408 g/mol. The van der Waals surface area contributed by atoms with E-state index in [1.807, 2.05) is 87.8 Å². The highest BCUT2D eigenvalue weighted by atomic mass is 16.5. The Hall–Kier alpha value is -3.60. The third kappa shape index (κ3) is 10.7. The van der Waals surface area contributed by atoms with Crippen molar-refractivity contribution in [1.82, 2.24) is 4.90 Å². The highest BCUT2D eigenvalue weighted by Crippen LogP contribution is 2.13. The molecule has 5 heteroatoms. The van der Waals surface area contributed by atoms with Crippen molar-refractivity contribution < 1.29 is 19.4 Å². The molecule has 0 bridgehead atoms. The molecule has 158 valence electrons. The van der Waals surface area contributed by atoms with E-state index < -0.39 is 5.97 Å². The molecule has 0 radical (unpaired) electrons. The fourth-order valence-corrected chi connectivity index (χ4v) is 2.33. The van der Waals surface area contributed by atoms with Gasteiger partial charge in [-0.25, -0.2) is 4.79 Å². The number of benzene rings is 2. The van der Waals surface area contributed by atoms with Crippen molar-refractivity contribution in [3.63, 3.8) is 0 Å². The first kappa shape index (κ1) is 24.4. The molecule has 30 heavy (non-hydrogen) atoms. The second-order valence-corrected chi connectivity index (χ2v) is 6.34. The molecule has 0 spiro atoms. The van der Waals surface area contributed by atoms with Crippen molar-refractivity contribution in [3.8, 4) is 5.75 Å². The van der Waals surface area contributed by atoms with E-state index >= 15 is 0 Å². The third-order valence-corrected chi connectivity index (χ3v) is 3.76. The molecule has 2 aromatic carbocycles. The first-order valence-electron chi connectivity index (χ1n) is 9.63. The Morgan fingerprint density at radius 1 is 0.967 bits per heavy atom. The third-order valence-electron chi connectivity index (χ3n) is 3.76. The molecule has 1 N–H and O–H groups in total. The van der Waals surface area contributed by atoms with Crippen molar-refractivity contribution >= 4 is 18.3 Å². The number of rotatable bonds is 9. The van der Waals surface area contributed by atoms with Gasteiger partial charge in [-0.3, -0.25) is 4.79 Å². The number of carboxylic acid groups (broad SMARTS) is 1. The molecule has 0 saturated carbocycles. The van der Waals surface area contributed by atoms with E-state index in [-0.39, 0.29) is 6.61 Å². The quantitative estimate of drug-likeness (QED) is 0.568. The van der Waals surface area contributed by atoms with Gasteiger partial charge in [0.1, 0.15) is 12.0 Å². The molecule has 0 saturated heterocycles. The summed E-state index contributed by atoms with van der Waals surface area (Å²) in [7, 11) is 0. The van der Waals surface area contributed by atoms with Crippen molar-refractivity contribution in [2.45, 2.75) is 20.8 Å². The maximum atomic E-state index is 10.4. The van der Waals surface area contributed by atoms with E-state index in [1.54, 1.807) is 12.1 Å². The van der Waals surface area contributed by atoms with Crippen LogP contribution in [0.1, 0.15) is 35.3 Å². The van der Waals surface area contributed by atoms with Crippen LogP contribution in [0.25, 0.3) is 6.08 Å². The van der Waals surface area contributed by atoms with E-state index in [9.17, 15) is 9.59 Å². The Morgan fingerprint density at radius 2 is 1.53 bits per heavy atom. The molecule has 0 fully saturated rings. The van der Waals surface area contributed by atoms with E-state index in [0.717, 1.165) is 24.0 Å². The predicted molar refractivity (Wildman–Crippen MR) is 122 cm³/mol. The van der Waals surface area contributed by atoms with Crippen molar-refractivity contribution in [2.75, 3.05) is 13.2 Å². The van der Waals surface area contributed by atoms with Crippen LogP contribution in [0.3, 0.4) is 0 Å². The van der Waals surface area contributed by atoms with Gasteiger partial charge in [-0.15, -0.1) is 0 Å². The molecular formula is C25H29NO4. The van der Waals surface area contributed by atoms with Crippen LogP contribution in [-0.4, -0.2) is 35.4 Å². The average Bonchev–Trinajstić information content (AvgIpc) is 2.74. The lowest BCUT2D eigenvalue weighted by Crippen LogP contribution is -2.09. The van der Waals surface area contributed by atoms with Gasteiger partial charge in [0.2, 0.25) is 0 Å². The van der Waals surface area contributed by atoms with Gasteiger partial charge in [0.15, 0.2) is 6.61 Å². The fourth-order valence-electron chi connectivity index (χ4n) is 2.33. The molecule has 0 unspecified atom stereocenters. The van der Waals surface area contributed by atoms with Gasteiger partial charge in [-0.2, -0.15) is 0 Å². The highest BCUT2D eigenvalue weighted by Gasteiger charge is 1.98. The van der Waals surface area contributed by atoms with Crippen molar-refractivity contribution in [3.05, 3.63) is 95.8 Å². The lowest BCUT2D eigenvalue weighted by molar-refractivity contribution is -0.139. The molecule has 0 amide bonds. The van der Waals surface area contributed by atoms with E-state index in [1.165, 1.54) is 5.56 Å². The summed E-state index contributed by atoms with van der Waals surface area (Å²) in [6.07, 6.45) is 12.9. The smallest absolute Gasteiger partial charge is 0.341 e. The summed E-state index contributed by atoms with van der Waals surface area (Å²) in [5.74, 6) is -0.425. The Labute approximate surface area is 178 Å². The second-order valence-electron chi connectivity index (χ2n) is 6.34. The summed E-state index contributed by atoms with van der Waals surface area (Å²) in [5, 5.41) is 8.53. The minimum absolute atomic E-state index is 0.323. The van der Waals surface area contributed by atoms with Crippen LogP contribution in [0, 0.1) is 6.92 Å². The van der Waals surface area contributed by atoms with Crippen LogP contribution in [0.5, 0.6) is 5.75 Å². The summed E-state index contributed by atoms with van der Waals surface area (Å²) < 4.78 is 5.08. The van der Waals surface area contributed by atoms with Gasteiger partial charge in [0.25, 0.3) is 0 Å². The lowest BCUT2D eigenvalue weighted by Gasteiger charge is -2.11. The zero-order valence-electron chi connectivity index (χ0n) is 17.7. The first-order valence-corrected chi connectivity index (χ1v) is 9.63. The molecular weight excluding hydrogens is 378 g/mol. The maximum Gasteiger partial charge on any atom is 0.341 e. The number of allylic oxidation sites excluding steroid dienone is 2. The van der Waals surface area contributed by atoms with Crippen LogP contribution < -0.4 is 4.74 Å². The Bertz CT molecular complexity index is 838. The Morgan fingerprint density at radius 3 is 2.03 bits per heavy atom. The number of carbonyl (C=O) groups is 2. The topological polar surface area (TPSA) is 66.8 Å². The van der Waals surface area contributed by atoms with Gasteiger partial charge in [0, 0.05) is 12.1 Å². The molecule has 0 aliphatic heterocycles. The summed E-state index contributed by atoms with van der Waals surface area (Å²) in [6.45, 7) is 6.42. The van der Waals surface area contributed by atoms with E-state index in [2.05, 4.69) is 11.0 Å². The van der Waals surface area contributed by atoms with Crippen LogP contribution in [-0.2, 0) is 4.79 Å². The lowest BCUT2D eigenvalue weighted by atomic mass is 10.2. The molecule has 0 aromatic heterocycles. The number of nitrogens with zero attached hydrogens (tertiary/aromatic N) is 1. The van der Waals surface area contributed by atoms with E-state index in [4.69, 9.17) is 9.84 Å². The SMILES string of the molecule is C/C=C\N(/C=C/C)C/C=C/c1ccc(OCC(=O)O)cc1.Cc1ccc(C=O)cc1. The zero-order valence-corrected chi connectivity index (χ0v) is 17.7. The minimum Gasteiger partial charge on any atom is -0.482 e. The fraction of sp³-hybridized carbons (Fsp3) is 0.200. The summed E-state index contributed by atoms with van der Waals surface area (Å²) in [5.41, 5.74) is 2.96. The van der Waals surface area contributed by atoms with Gasteiger partial charge in [-0.05, 0) is 50.9 Å². The van der Waals surface area contributed by atoms with Gasteiger partial charge in [-0.1, -0.05) is 66.3 Å². The van der Waals surface area contributed by atoms with Crippen LogP contribution in [0.15, 0.2) is 79.2 Å². The number of hydrogen-bond donors (Lipinski definition) is 1. The summed E-state index contributed by atoms with van der Waals surface area (Å²) in [6, 6.07) is 14.8. The van der Waals surface area contributed by atoms with Crippen LogP contribution in [0.2, 0.25) is 0 Å². The molecule has 0 aliphatic rings. The number of hydrogen-bond acceptors (Lipinski definition) is 4. The predicted octanol–water partition coefficient (Wildman–Crippen LogP) is 5.34. The van der Waals surface area contributed by atoms with Gasteiger partial charge < -0.3 is 14.7 Å². The zero-order chi connectivity index (χ0) is 22.2. The number of aliphatic carboxylic acids is 1. The largest absolute Gasteiger partial charge is 0.482 e. The molecule has 2 rings (SSSR count). The second kappa shape index (κ2) is 14.4. The highest BCUT2D eigenvalue weighted by molar-refractivity contribution is 5.74.